The smallest absolute Gasteiger partial charge is 0.0199 e. The van der Waals surface area contributed by atoms with Gasteiger partial charge in [0.2, 0.25) is 0 Å². The maximum absolute atomic E-state index is 3.83. The van der Waals surface area contributed by atoms with Crippen molar-refractivity contribution in [2.75, 3.05) is 0 Å². The van der Waals surface area contributed by atoms with Crippen molar-refractivity contribution in [3.63, 3.8) is 0 Å². The highest BCUT2D eigenvalue weighted by molar-refractivity contribution is 5.40. The molecular weight excluding hydrogens is 144 g/mol. The van der Waals surface area contributed by atoms with Crippen LogP contribution < -0.4 is 0 Å². The molecule has 0 aromatic heterocycles. The Kier molecular flexibility index (Phi) is 1.83. The molecule has 1 atom stereocenters. The van der Waals surface area contributed by atoms with Crippen molar-refractivity contribution < 1.29 is 0 Å². The fourth-order valence-electron chi connectivity index (χ4n) is 1.70. The first-order chi connectivity index (χ1) is 5.92. The van der Waals surface area contributed by atoms with Crippen molar-refractivity contribution in [2.24, 2.45) is 0 Å². The number of hydrogen-bond acceptors (Lipinski definition) is 0. The van der Waals surface area contributed by atoms with Crippen LogP contribution in [0.25, 0.3) is 0 Å². The first-order valence-electron chi connectivity index (χ1n) is 4.29. The Morgan fingerprint density at radius 3 is 3.00 bits per heavy atom. The van der Waals surface area contributed by atoms with E-state index in [1.165, 1.54) is 11.1 Å². The quantitative estimate of drug-likeness (QED) is 0.548. The van der Waals surface area contributed by atoms with Crippen LogP contribution in [0.3, 0.4) is 0 Å². The molecule has 2 rings (SSSR count). The highest BCUT2D eigenvalue weighted by Gasteiger charge is 2.10. The summed E-state index contributed by atoms with van der Waals surface area (Å²) in [7, 11) is 0. The minimum absolute atomic E-state index is 0.426. The van der Waals surface area contributed by atoms with Crippen molar-refractivity contribution in [3.8, 4) is 0 Å². The van der Waals surface area contributed by atoms with Gasteiger partial charge in [-0.1, -0.05) is 42.5 Å². The van der Waals surface area contributed by atoms with Crippen LogP contribution in [-0.2, 0) is 6.42 Å². The van der Waals surface area contributed by atoms with Crippen LogP contribution >= 0.6 is 0 Å². The predicted molar refractivity (Wildman–Crippen MR) is 52.2 cm³/mol. The number of benzene rings is 1. The van der Waals surface area contributed by atoms with E-state index in [0.717, 1.165) is 6.42 Å². The lowest BCUT2D eigenvalue weighted by Crippen LogP contribution is -2.01. The first-order valence-corrected chi connectivity index (χ1v) is 4.29. The number of hydrogen-bond donors (Lipinski definition) is 0. The van der Waals surface area contributed by atoms with Gasteiger partial charge in [-0.15, -0.1) is 6.58 Å². The van der Waals surface area contributed by atoms with E-state index in [-0.39, 0.29) is 0 Å². The van der Waals surface area contributed by atoms with Gasteiger partial charge in [0, 0.05) is 5.92 Å². The molecule has 60 valence electrons. The number of allylic oxidation sites excluding steroid dienone is 3. The third-order valence-corrected chi connectivity index (χ3v) is 2.35. The Morgan fingerprint density at radius 1 is 1.33 bits per heavy atom. The number of fused-ring (bicyclic) bond motifs is 1. The van der Waals surface area contributed by atoms with E-state index in [1.54, 1.807) is 0 Å². The second-order valence-electron chi connectivity index (χ2n) is 3.09. The first kappa shape index (κ1) is 7.35. The lowest BCUT2D eigenvalue weighted by atomic mass is 9.88. The molecule has 0 fully saturated rings. The fourth-order valence-corrected chi connectivity index (χ4v) is 1.70. The highest BCUT2D eigenvalue weighted by atomic mass is 14.1. The van der Waals surface area contributed by atoms with E-state index in [4.69, 9.17) is 0 Å². The molecule has 1 aromatic rings. The van der Waals surface area contributed by atoms with Crippen LogP contribution in [0.15, 0.2) is 49.1 Å². The third kappa shape index (κ3) is 1.10. The molecule has 0 saturated heterocycles. The minimum Gasteiger partial charge on any atom is -0.102 e. The van der Waals surface area contributed by atoms with Gasteiger partial charge >= 0.3 is 0 Å². The molecule has 0 spiro atoms. The van der Waals surface area contributed by atoms with E-state index >= 15 is 0 Å². The molecule has 0 N–H and O–H groups in total. The van der Waals surface area contributed by atoms with Crippen LogP contribution in [0.1, 0.15) is 17.0 Å². The average molecular weight is 156 g/mol. The van der Waals surface area contributed by atoms with Gasteiger partial charge in [-0.05, 0) is 17.5 Å². The molecule has 0 amide bonds. The Balaban J connectivity index is 2.49. The van der Waals surface area contributed by atoms with Gasteiger partial charge in [0.05, 0.1) is 0 Å². The van der Waals surface area contributed by atoms with Crippen molar-refractivity contribution in [3.05, 3.63) is 60.2 Å². The van der Waals surface area contributed by atoms with Crippen LogP contribution in [0.2, 0.25) is 0 Å². The maximum atomic E-state index is 3.83. The Bertz CT molecular complexity index is 321. The molecule has 0 nitrogen and oxygen atoms in total. The summed E-state index contributed by atoms with van der Waals surface area (Å²) in [4.78, 5) is 0. The summed E-state index contributed by atoms with van der Waals surface area (Å²) < 4.78 is 0. The molecule has 0 aliphatic heterocycles. The molecule has 0 bridgehead atoms. The van der Waals surface area contributed by atoms with Crippen LogP contribution in [-0.4, -0.2) is 0 Å². The molecule has 12 heavy (non-hydrogen) atoms. The Morgan fingerprint density at radius 2 is 2.17 bits per heavy atom. The molecule has 0 heteroatoms. The normalized spacial score (nSPS) is 20.2. The lowest BCUT2D eigenvalue weighted by molar-refractivity contribution is 0.992. The van der Waals surface area contributed by atoms with E-state index in [1.807, 2.05) is 6.08 Å². The van der Waals surface area contributed by atoms with Gasteiger partial charge in [-0.3, -0.25) is 0 Å². The van der Waals surface area contributed by atoms with Crippen LogP contribution in [0.5, 0.6) is 0 Å². The standard InChI is InChI=1S/C12H12/c1-2-10-7-5-8-11-6-3-4-9-12(10)11/h2-7,9-10H,1,8H2. The van der Waals surface area contributed by atoms with Gasteiger partial charge < -0.3 is 0 Å². The summed E-state index contributed by atoms with van der Waals surface area (Å²) in [5.74, 6) is 0.426. The van der Waals surface area contributed by atoms with Crippen molar-refractivity contribution in [1.29, 1.82) is 0 Å². The number of rotatable bonds is 1. The Hall–Kier alpha value is -1.30. The monoisotopic (exact) mass is 156 g/mol. The van der Waals surface area contributed by atoms with Gasteiger partial charge in [-0.25, -0.2) is 0 Å². The molecule has 1 aliphatic carbocycles. The molecular formula is C12H12. The van der Waals surface area contributed by atoms with Crippen molar-refractivity contribution in [1.82, 2.24) is 0 Å². The van der Waals surface area contributed by atoms with Crippen LogP contribution in [0.4, 0.5) is 0 Å². The lowest BCUT2D eigenvalue weighted by Gasteiger charge is -2.16. The predicted octanol–water partition coefficient (Wildman–Crippen LogP) is 3.07. The van der Waals surface area contributed by atoms with E-state index < -0.39 is 0 Å². The van der Waals surface area contributed by atoms with Crippen LogP contribution in [0, 0.1) is 0 Å². The zero-order valence-electron chi connectivity index (χ0n) is 7.03. The van der Waals surface area contributed by atoms with Gasteiger partial charge in [0.25, 0.3) is 0 Å². The Labute approximate surface area is 73.2 Å². The minimum atomic E-state index is 0.426. The topological polar surface area (TPSA) is 0 Å². The van der Waals surface area contributed by atoms with Crippen molar-refractivity contribution >= 4 is 0 Å². The van der Waals surface area contributed by atoms with E-state index in [0.29, 0.717) is 5.92 Å². The van der Waals surface area contributed by atoms with Gasteiger partial charge in [-0.2, -0.15) is 0 Å². The van der Waals surface area contributed by atoms with Crippen molar-refractivity contribution in [2.45, 2.75) is 12.3 Å². The molecule has 1 aliphatic rings. The van der Waals surface area contributed by atoms with Gasteiger partial charge in [0.15, 0.2) is 0 Å². The summed E-state index contributed by atoms with van der Waals surface area (Å²) in [6.07, 6.45) is 7.50. The summed E-state index contributed by atoms with van der Waals surface area (Å²) in [5, 5.41) is 0. The molecule has 1 unspecified atom stereocenters. The van der Waals surface area contributed by atoms with Gasteiger partial charge in [0.1, 0.15) is 0 Å². The summed E-state index contributed by atoms with van der Waals surface area (Å²) in [6.45, 7) is 3.83. The molecule has 1 aromatic carbocycles. The summed E-state index contributed by atoms with van der Waals surface area (Å²) in [5.41, 5.74) is 2.85. The van der Waals surface area contributed by atoms with E-state index in [2.05, 4.69) is 43.0 Å². The molecule has 0 saturated carbocycles. The maximum Gasteiger partial charge on any atom is 0.0199 e. The highest BCUT2D eigenvalue weighted by Crippen LogP contribution is 2.26. The summed E-state index contributed by atoms with van der Waals surface area (Å²) in [6, 6.07) is 8.56. The fraction of sp³-hybridized carbons (Fsp3) is 0.167. The zero-order chi connectivity index (χ0) is 8.39. The SMILES string of the molecule is C=CC1C=CCc2ccccc21. The molecule has 0 radical (unpaired) electrons. The van der Waals surface area contributed by atoms with E-state index in [9.17, 15) is 0 Å². The third-order valence-electron chi connectivity index (χ3n) is 2.35. The molecule has 0 heterocycles. The summed E-state index contributed by atoms with van der Waals surface area (Å²) >= 11 is 0. The second-order valence-corrected chi connectivity index (χ2v) is 3.09. The largest absolute Gasteiger partial charge is 0.102 e. The zero-order valence-corrected chi connectivity index (χ0v) is 7.03. The average Bonchev–Trinajstić information content (AvgIpc) is 2.17. The second kappa shape index (κ2) is 2.98.